The lowest BCUT2D eigenvalue weighted by molar-refractivity contribution is -0.146. The lowest BCUT2D eigenvalue weighted by Crippen LogP contribution is -2.44. The SMILES string of the molecule is CCCCSCCCN1CC[C@@H](CC[C@H](F)c2ccnc3ccc(OC)cc23)[C@@H](C(=O)O)C1. The molecule has 1 fully saturated rings. The van der Waals surface area contributed by atoms with E-state index in [1.54, 1.807) is 19.4 Å². The van der Waals surface area contributed by atoms with Crippen LogP contribution >= 0.6 is 11.8 Å². The molecule has 0 saturated carbocycles. The number of hydrogen-bond acceptors (Lipinski definition) is 5. The zero-order valence-corrected chi connectivity index (χ0v) is 20.7. The number of halogens is 1. The molecule has 1 aromatic carbocycles. The third kappa shape index (κ3) is 7.31. The summed E-state index contributed by atoms with van der Waals surface area (Å²) in [5, 5.41) is 10.6. The smallest absolute Gasteiger partial charge is 0.308 e. The first-order chi connectivity index (χ1) is 16.0. The number of ether oxygens (including phenoxy) is 1. The number of benzene rings is 1. The molecule has 1 N–H and O–H groups in total. The maximum atomic E-state index is 15.3. The molecular weight excluding hydrogens is 439 g/mol. The molecular formula is C26H37FN2O3S. The van der Waals surface area contributed by atoms with Crippen LogP contribution in [0.1, 0.15) is 57.2 Å². The van der Waals surface area contributed by atoms with Crippen molar-refractivity contribution < 1.29 is 19.0 Å². The normalized spacial score (nSPS) is 20.1. The quantitative estimate of drug-likeness (QED) is 0.359. The minimum absolute atomic E-state index is 0.0126. The molecule has 0 amide bonds. The molecule has 0 bridgehead atoms. The number of aliphatic carboxylic acids is 1. The molecule has 33 heavy (non-hydrogen) atoms. The van der Waals surface area contributed by atoms with E-state index >= 15 is 4.39 Å². The number of hydrogen-bond donors (Lipinski definition) is 1. The van der Waals surface area contributed by atoms with E-state index in [-0.39, 0.29) is 5.92 Å². The number of carbonyl (C=O) groups is 1. The number of likely N-dealkylation sites (tertiary alicyclic amines) is 1. The molecule has 1 aliphatic rings. The lowest BCUT2D eigenvalue weighted by atomic mass is 9.81. The summed E-state index contributed by atoms with van der Waals surface area (Å²) in [6.45, 7) is 4.64. The van der Waals surface area contributed by atoms with E-state index in [2.05, 4.69) is 16.8 Å². The number of pyridine rings is 1. The Morgan fingerprint density at radius 1 is 1.33 bits per heavy atom. The second-order valence-electron chi connectivity index (χ2n) is 8.94. The Bertz CT molecular complexity index is 897. The van der Waals surface area contributed by atoms with Gasteiger partial charge in [0.25, 0.3) is 0 Å². The standard InChI is InChI=1S/C26H37FN2O3S/c1-3-4-15-33-16-5-13-29-14-11-19(23(18-29)26(30)31)6-8-24(27)21-10-12-28-25-9-7-20(32-2)17-22(21)25/h7,9-10,12,17,19,23-24H,3-6,8,11,13-16,18H2,1-2H3,(H,30,31)/t19-,23+,24+/m1/s1. The average molecular weight is 477 g/mol. The summed E-state index contributed by atoms with van der Waals surface area (Å²) < 4.78 is 20.6. The Labute approximate surface area is 201 Å². The van der Waals surface area contributed by atoms with Gasteiger partial charge in [-0.1, -0.05) is 13.3 Å². The number of aromatic nitrogens is 1. The van der Waals surface area contributed by atoms with Gasteiger partial charge in [-0.05, 0) is 92.4 Å². The maximum Gasteiger partial charge on any atom is 0.308 e. The van der Waals surface area contributed by atoms with Crippen molar-refractivity contribution in [2.75, 3.05) is 38.2 Å². The average Bonchev–Trinajstić information content (AvgIpc) is 2.84. The van der Waals surface area contributed by atoms with E-state index in [1.807, 2.05) is 30.0 Å². The summed E-state index contributed by atoms with van der Waals surface area (Å²) >= 11 is 1.99. The Kier molecular flexibility index (Phi) is 10.3. The van der Waals surface area contributed by atoms with Crippen molar-refractivity contribution in [2.24, 2.45) is 11.8 Å². The number of nitrogens with zero attached hydrogens (tertiary/aromatic N) is 2. The molecule has 7 heteroatoms. The monoisotopic (exact) mass is 476 g/mol. The molecule has 5 nitrogen and oxygen atoms in total. The van der Waals surface area contributed by atoms with Crippen molar-refractivity contribution in [1.82, 2.24) is 9.88 Å². The fourth-order valence-electron chi connectivity index (χ4n) is 4.70. The molecule has 2 heterocycles. The number of carboxylic acids is 1. The third-order valence-electron chi connectivity index (χ3n) is 6.67. The fourth-order valence-corrected chi connectivity index (χ4v) is 5.73. The molecule has 182 valence electrons. The summed E-state index contributed by atoms with van der Waals surface area (Å²) in [6.07, 6.45) is 5.77. The first kappa shape index (κ1) is 25.8. The van der Waals surface area contributed by atoms with Crippen LogP contribution in [0.4, 0.5) is 4.39 Å². The van der Waals surface area contributed by atoms with E-state index in [9.17, 15) is 9.90 Å². The van der Waals surface area contributed by atoms with E-state index in [0.29, 0.717) is 30.7 Å². The molecule has 1 saturated heterocycles. The van der Waals surface area contributed by atoms with Crippen LogP contribution in [0.5, 0.6) is 5.75 Å². The molecule has 1 aliphatic heterocycles. The molecule has 3 rings (SSSR count). The highest BCUT2D eigenvalue weighted by Gasteiger charge is 2.34. The zero-order valence-electron chi connectivity index (χ0n) is 19.8. The van der Waals surface area contributed by atoms with Crippen LogP contribution in [-0.4, -0.2) is 59.2 Å². The first-order valence-corrected chi connectivity index (χ1v) is 13.3. The number of thioether (sulfide) groups is 1. The van der Waals surface area contributed by atoms with Gasteiger partial charge in [0.05, 0.1) is 18.5 Å². The Balaban J connectivity index is 1.54. The van der Waals surface area contributed by atoms with Gasteiger partial charge < -0.3 is 14.7 Å². The van der Waals surface area contributed by atoms with Crippen molar-refractivity contribution in [3.63, 3.8) is 0 Å². The van der Waals surface area contributed by atoms with Crippen LogP contribution in [0, 0.1) is 11.8 Å². The number of alkyl halides is 1. The minimum Gasteiger partial charge on any atom is -0.497 e. The molecule has 2 aromatic rings. The van der Waals surface area contributed by atoms with Crippen molar-refractivity contribution in [1.29, 1.82) is 0 Å². The van der Waals surface area contributed by atoms with Gasteiger partial charge in [-0.2, -0.15) is 11.8 Å². The van der Waals surface area contributed by atoms with Crippen molar-refractivity contribution in [2.45, 2.75) is 51.6 Å². The van der Waals surface area contributed by atoms with Crippen LogP contribution < -0.4 is 4.74 Å². The highest BCUT2D eigenvalue weighted by molar-refractivity contribution is 7.99. The van der Waals surface area contributed by atoms with Gasteiger partial charge in [-0.25, -0.2) is 4.39 Å². The molecule has 3 atom stereocenters. The highest BCUT2D eigenvalue weighted by atomic mass is 32.2. The topological polar surface area (TPSA) is 62.7 Å². The Morgan fingerprint density at radius 3 is 2.91 bits per heavy atom. The van der Waals surface area contributed by atoms with Gasteiger partial charge in [0.15, 0.2) is 0 Å². The van der Waals surface area contributed by atoms with Gasteiger partial charge in [0, 0.05) is 18.1 Å². The maximum absolute atomic E-state index is 15.3. The van der Waals surface area contributed by atoms with Crippen molar-refractivity contribution in [3.05, 3.63) is 36.0 Å². The number of rotatable bonds is 13. The van der Waals surface area contributed by atoms with Crippen LogP contribution in [0.2, 0.25) is 0 Å². The summed E-state index contributed by atoms with van der Waals surface area (Å²) in [6, 6.07) is 7.20. The van der Waals surface area contributed by atoms with Gasteiger partial charge in [-0.3, -0.25) is 9.78 Å². The van der Waals surface area contributed by atoms with Gasteiger partial charge in [-0.15, -0.1) is 0 Å². The van der Waals surface area contributed by atoms with Crippen LogP contribution in [0.25, 0.3) is 10.9 Å². The first-order valence-electron chi connectivity index (χ1n) is 12.1. The van der Waals surface area contributed by atoms with Crippen molar-refractivity contribution >= 4 is 28.6 Å². The summed E-state index contributed by atoms with van der Waals surface area (Å²) in [5.41, 5.74) is 1.34. The van der Waals surface area contributed by atoms with E-state index < -0.39 is 18.1 Å². The number of methoxy groups -OCH3 is 1. The van der Waals surface area contributed by atoms with Crippen LogP contribution in [0.15, 0.2) is 30.5 Å². The minimum atomic E-state index is -1.16. The third-order valence-corrected chi connectivity index (χ3v) is 7.83. The molecule has 0 unspecified atom stereocenters. The largest absolute Gasteiger partial charge is 0.497 e. The predicted molar refractivity (Wildman–Crippen MR) is 134 cm³/mol. The number of unbranched alkanes of at least 4 members (excludes halogenated alkanes) is 1. The number of carboxylic acid groups (broad SMARTS) is 1. The van der Waals surface area contributed by atoms with Crippen LogP contribution in [-0.2, 0) is 4.79 Å². The summed E-state index contributed by atoms with van der Waals surface area (Å²) in [4.78, 5) is 18.6. The highest BCUT2D eigenvalue weighted by Crippen LogP contribution is 2.35. The molecule has 0 aliphatic carbocycles. The van der Waals surface area contributed by atoms with E-state index in [4.69, 9.17) is 4.74 Å². The molecule has 0 radical (unpaired) electrons. The summed E-state index contributed by atoms with van der Waals surface area (Å²) in [7, 11) is 1.59. The second kappa shape index (κ2) is 13.1. The van der Waals surface area contributed by atoms with Crippen molar-refractivity contribution in [3.8, 4) is 5.75 Å². The van der Waals surface area contributed by atoms with Gasteiger partial charge in [0.2, 0.25) is 0 Å². The number of piperidine rings is 1. The van der Waals surface area contributed by atoms with E-state index in [1.165, 1.54) is 18.6 Å². The lowest BCUT2D eigenvalue weighted by Gasteiger charge is -2.36. The van der Waals surface area contributed by atoms with E-state index in [0.717, 1.165) is 42.6 Å². The fraction of sp³-hybridized carbons (Fsp3) is 0.615. The predicted octanol–water partition coefficient (Wildman–Crippen LogP) is 5.98. The molecule has 1 aromatic heterocycles. The van der Waals surface area contributed by atoms with Gasteiger partial charge in [0.1, 0.15) is 11.9 Å². The Morgan fingerprint density at radius 2 is 2.15 bits per heavy atom. The summed E-state index contributed by atoms with van der Waals surface area (Å²) in [5.74, 6) is 1.85. The molecule has 0 spiro atoms. The van der Waals surface area contributed by atoms with Gasteiger partial charge >= 0.3 is 5.97 Å². The van der Waals surface area contributed by atoms with Crippen LogP contribution in [0.3, 0.4) is 0 Å². The Hall–Kier alpha value is -1.86. The number of fused-ring (bicyclic) bond motifs is 1. The zero-order chi connectivity index (χ0) is 23.6. The second-order valence-corrected chi connectivity index (χ2v) is 10.2.